The first-order valence-electron chi connectivity index (χ1n) is 7.37. The Labute approximate surface area is 145 Å². The summed E-state index contributed by atoms with van der Waals surface area (Å²) in [6.07, 6.45) is -5.77. The Bertz CT molecular complexity index is 857. The van der Waals surface area contributed by atoms with Crippen LogP contribution in [0.4, 0.5) is 24.5 Å². The molecule has 0 fully saturated rings. The monoisotopic (exact) mass is 369 g/mol. The van der Waals surface area contributed by atoms with E-state index in [2.05, 4.69) is 5.32 Å². The Morgan fingerprint density at radius 3 is 2.54 bits per heavy atom. The van der Waals surface area contributed by atoms with Crippen LogP contribution in [0.15, 0.2) is 34.7 Å². The smallest absolute Gasteiger partial charge is 0.424 e. The molecule has 7 nitrogen and oxygen atoms in total. The third-order valence-electron chi connectivity index (χ3n) is 3.75. The highest BCUT2D eigenvalue weighted by Gasteiger charge is 2.56. The third-order valence-corrected chi connectivity index (χ3v) is 3.75. The summed E-state index contributed by atoms with van der Waals surface area (Å²) < 4.78 is 45.0. The van der Waals surface area contributed by atoms with Crippen molar-refractivity contribution in [1.82, 2.24) is 0 Å². The van der Waals surface area contributed by atoms with Gasteiger partial charge in [-0.2, -0.15) is 18.4 Å². The maximum atomic E-state index is 13.3. The fraction of sp³-hybridized carbons (Fsp3) is 0.312. The van der Waals surface area contributed by atoms with Gasteiger partial charge in [-0.05, 0) is 25.1 Å². The van der Waals surface area contributed by atoms with Crippen LogP contribution in [0.2, 0.25) is 0 Å². The summed E-state index contributed by atoms with van der Waals surface area (Å²) in [5, 5.41) is 32.5. The second-order valence-corrected chi connectivity index (χ2v) is 5.54. The highest BCUT2D eigenvalue weighted by molar-refractivity contribution is 5.61. The lowest BCUT2D eigenvalue weighted by Crippen LogP contribution is -2.43. The number of nitrogens with one attached hydrogen (secondary N) is 1. The Morgan fingerprint density at radius 1 is 1.35 bits per heavy atom. The standard InChI is InChI=1S/C16H14F3N3O4/c1-10-2-5-14(26-10)15(23,16(17,18)19)6-7-21-13-4-3-12(22(24)25)8-11(13)9-20/h2-5,8,21,23H,6-7H2,1H3/t15-/m1/s1. The van der Waals surface area contributed by atoms with Crippen LogP contribution < -0.4 is 5.32 Å². The molecule has 0 radical (unpaired) electrons. The van der Waals surface area contributed by atoms with Crippen LogP contribution in [0.25, 0.3) is 0 Å². The highest BCUT2D eigenvalue weighted by atomic mass is 19.4. The summed E-state index contributed by atoms with van der Waals surface area (Å²) >= 11 is 0. The second-order valence-electron chi connectivity index (χ2n) is 5.54. The Balaban J connectivity index is 2.19. The SMILES string of the molecule is Cc1ccc([C@](O)(CCNc2ccc([N+](=O)[O-])cc2C#N)C(F)(F)F)o1. The minimum absolute atomic E-state index is 0.0939. The summed E-state index contributed by atoms with van der Waals surface area (Å²) in [4.78, 5) is 10.0. The molecule has 1 aromatic carbocycles. The number of halogens is 3. The molecular formula is C16H14F3N3O4. The number of nitrogens with zero attached hydrogens (tertiary/aromatic N) is 2. The molecule has 138 valence electrons. The fourth-order valence-electron chi connectivity index (χ4n) is 2.33. The molecule has 0 aliphatic rings. The van der Waals surface area contributed by atoms with Crippen molar-refractivity contribution in [3.63, 3.8) is 0 Å². The van der Waals surface area contributed by atoms with E-state index in [4.69, 9.17) is 9.68 Å². The molecule has 0 amide bonds. The zero-order valence-corrected chi connectivity index (χ0v) is 13.5. The van der Waals surface area contributed by atoms with E-state index in [1.54, 1.807) is 6.07 Å². The zero-order valence-electron chi connectivity index (χ0n) is 13.5. The summed E-state index contributed by atoms with van der Waals surface area (Å²) in [6.45, 7) is 1.09. The van der Waals surface area contributed by atoms with Crippen LogP contribution in [0.3, 0.4) is 0 Å². The first kappa shape index (κ1) is 19.3. The summed E-state index contributed by atoms with van der Waals surface area (Å²) in [5.74, 6) is -0.411. The summed E-state index contributed by atoms with van der Waals surface area (Å²) in [5.41, 5.74) is -3.49. The molecule has 0 aliphatic carbocycles. The van der Waals surface area contributed by atoms with E-state index < -0.39 is 28.9 Å². The number of hydrogen-bond acceptors (Lipinski definition) is 6. The molecule has 2 rings (SSSR count). The van der Waals surface area contributed by atoms with E-state index in [-0.39, 0.29) is 29.2 Å². The van der Waals surface area contributed by atoms with Gasteiger partial charge in [0.2, 0.25) is 5.60 Å². The van der Waals surface area contributed by atoms with E-state index in [9.17, 15) is 28.4 Å². The maximum Gasteiger partial charge on any atom is 0.424 e. The number of nitro benzene ring substituents is 1. The van der Waals surface area contributed by atoms with Gasteiger partial charge in [0.1, 0.15) is 17.6 Å². The third kappa shape index (κ3) is 3.78. The number of nitriles is 1. The normalized spacial score (nSPS) is 13.7. The molecular weight excluding hydrogens is 355 g/mol. The molecule has 0 unspecified atom stereocenters. The van der Waals surface area contributed by atoms with Crippen LogP contribution in [0.1, 0.15) is 23.5 Å². The van der Waals surface area contributed by atoms with E-state index in [0.717, 1.165) is 18.2 Å². The van der Waals surface area contributed by atoms with Gasteiger partial charge in [-0.3, -0.25) is 10.1 Å². The van der Waals surface area contributed by atoms with Gasteiger partial charge in [-0.15, -0.1) is 0 Å². The highest BCUT2D eigenvalue weighted by Crippen LogP contribution is 2.42. The zero-order chi connectivity index (χ0) is 19.5. The number of non-ortho nitro benzene ring substituents is 1. The van der Waals surface area contributed by atoms with Crippen molar-refractivity contribution in [2.24, 2.45) is 0 Å². The number of aliphatic hydroxyl groups is 1. The number of anilines is 1. The van der Waals surface area contributed by atoms with Gasteiger partial charge in [-0.1, -0.05) is 0 Å². The predicted molar refractivity (Wildman–Crippen MR) is 84.3 cm³/mol. The molecule has 0 saturated carbocycles. The van der Waals surface area contributed by atoms with Crippen molar-refractivity contribution >= 4 is 11.4 Å². The predicted octanol–water partition coefficient (Wildman–Crippen LogP) is 3.62. The molecule has 0 saturated heterocycles. The number of nitro groups is 1. The van der Waals surface area contributed by atoms with Crippen LogP contribution in [0.5, 0.6) is 0 Å². The van der Waals surface area contributed by atoms with Gasteiger partial charge in [0, 0.05) is 25.1 Å². The Morgan fingerprint density at radius 2 is 2.04 bits per heavy atom. The van der Waals surface area contributed by atoms with Crippen LogP contribution in [-0.2, 0) is 5.60 Å². The van der Waals surface area contributed by atoms with Crippen molar-refractivity contribution in [3.8, 4) is 6.07 Å². The molecule has 0 aliphatic heterocycles. The molecule has 2 N–H and O–H groups in total. The van der Waals surface area contributed by atoms with Crippen molar-refractivity contribution in [2.45, 2.75) is 25.1 Å². The molecule has 2 aromatic rings. The van der Waals surface area contributed by atoms with E-state index in [1.165, 1.54) is 19.1 Å². The molecule has 1 heterocycles. The Kier molecular flexibility index (Phi) is 5.22. The van der Waals surface area contributed by atoms with E-state index in [0.29, 0.717) is 0 Å². The van der Waals surface area contributed by atoms with E-state index in [1.807, 2.05) is 0 Å². The van der Waals surface area contributed by atoms with Crippen molar-refractivity contribution < 1.29 is 27.6 Å². The second kappa shape index (κ2) is 7.05. The lowest BCUT2D eigenvalue weighted by atomic mass is 9.95. The van der Waals surface area contributed by atoms with Gasteiger partial charge in [0.05, 0.1) is 16.2 Å². The molecule has 1 aromatic heterocycles. The fourth-order valence-corrected chi connectivity index (χ4v) is 2.33. The lowest BCUT2D eigenvalue weighted by molar-refractivity contribution is -0.384. The number of benzene rings is 1. The average Bonchev–Trinajstić information content (AvgIpc) is 3.00. The number of alkyl halides is 3. The van der Waals surface area contributed by atoms with Gasteiger partial charge in [-0.25, -0.2) is 0 Å². The Hall–Kier alpha value is -3.06. The van der Waals surface area contributed by atoms with Gasteiger partial charge >= 0.3 is 6.18 Å². The number of furan rings is 1. The van der Waals surface area contributed by atoms with E-state index >= 15 is 0 Å². The summed E-state index contributed by atoms with van der Waals surface area (Å²) in [6, 6.07) is 7.44. The molecule has 0 spiro atoms. The van der Waals surface area contributed by atoms with Crippen LogP contribution >= 0.6 is 0 Å². The van der Waals surface area contributed by atoms with Crippen molar-refractivity contribution in [2.75, 3.05) is 11.9 Å². The lowest BCUT2D eigenvalue weighted by Gasteiger charge is -2.28. The topological polar surface area (TPSA) is 112 Å². The van der Waals surface area contributed by atoms with Crippen LogP contribution in [0, 0.1) is 28.4 Å². The maximum absolute atomic E-state index is 13.3. The first-order valence-corrected chi connectivity index (χ1v) is 7.37. The van der Waals surface area contributed by atoms with Gasteiger partial charge in [0.25, 0.3) is 5.69 Å². The average molecular weight is 369 g/mol. The largest absolute Gasteiger partial charge is 0.463 e. The molecule has 10 heteroatoms. The number of rotatable bonds is 6. The quantitative estimate of drug-likeness (QED) is 0.594. The summed E-state index contributed by atoms with van der Waals surface area (Å²) in [7, 11) is 0. The minimum atomic E-state index is -4.98. The molecule has 0 bridgehead atoms. The van der Waals surface area contributed by atoms with Crippen molar-refractivity contribution in [3.05, 3.63) is 57.5 Å². The number of aryl methyl sites for hydroxylation is 1. The van der Waals surface area contributed by atoms with Crippen LogP contribution in [-0.4, -0.2) is 22.8 Å². The first-order chi connectivity index (χ1) is 12.1. The van der Waals surface area contributed by atoms with Gasteiger partial charge < -0.3 is 14.8 Å². The van der Waals surface area contributed by atoms with Crippen molar-refractivity contribution in [1.29, 1.82) is 5.26 Å². The van der Waals surface area contributed by atoms with Gasteiger partial charge in [0.15, 0.2) is 0 Å². The number of hydrogen-bond donors (Lipinski definition) is 2. The molecule has 26 heavy (non-hydrogen) atoms. The minimum Gasteiger partial charge on any atom is -0.463 e. The molecule has 1 atom stereocenters.